The normalized spacial score (nSPS) is 13.1. The third kappa shape index (κ3) is 1.96. The predicted octanol–water partition coefficient (Wildman–Crippen LogP) is -0.111. The largest absolute Gasteiger partial charge is 0.350 e. The van der Waals surface area contributed by atoms with Crippen molar-refractivity contribution in [1.82, 2.24) is 24.5 Å². The number of rotatable bonds is 4. The minimum Gasteiger partial charge on any atom is -0.317 e. The molecule has 0 spiro atoms. The second-order valence-corrected chi connectivity index (χ2v) is 3.79. The minimum atomic E-state index is -0.110. The molecule has 2 aromatic heterocycles. The van der Waals surface area contributed by atoms with Crippen LogP contribution in [0.15, 0.2) is 23.4 Å². The highest BCUT2D eigenvalue weighted by molar-refractivity contribution is 5.31. The molecule has 2 aromatic rings. The van der Waals surface area contributed by atoms with Gasteiger partial charge in [-0.1, -0.05) is 0 Å². The molecule has 0 aromatic carbocycles. The van der Waals surface area contributed by atoms with E-state index in [1.165, 1.54) is 9.08 Å². The van der Waals surface area contributed by atoms with Crippen molar-refractivity contribution in [2.24, 2.45) is 0 Å². The summed E-state index contributed by atoms with van der Waals surface area (Å²) in [6.07, 6.45) is 5.66. The van der Waals surface area contributed by atoms with E-state index in [9.17, 15) is 4.79 Å². The summed E-state index contributed by atoms with van der Waals surface area (Å²) in [5.74, 6) is 0. The Morgan fingerprint density at radius 3 is 3.06 bits per heavy atom. The second kappa shape index (κ2) is 4.44. The van der Waals surface area contributed by atoms with Crippen LogP contribution >= 0.6 is 0 Å². The minimum absolute atomic E-state index is 0.110. The topological polar surface area (TPSA) is 64.2 Å². The first-order valence-electron chi connectivity index (χ1n) is 5.29. The van der Waals surface area contributed by atoms with Gasteiger partial charge in [0.1, 0.15) is 0 Å². The number of aryl methyl sites for hydroxylation is 1. The maximum atomic E-state index is 11.8. The van der Waals surface area contributed by atoms with E-state index in [0.29, 0.717) is 18.2 Å². The Kier molecular flexibility index (Phi) is 3.00. The summed E-state index contributed by atoms with van der Waals surface area (Å²) in [6, 6.07) is 0.370. The molecule has 86 valence electrons. The molecule has 0 radical (unpaired) electrons. The Morgan fingerprint density at radius 2 is 2.38 bits per heavy atom. The first-order chi connectivity index (χ1) is 7.72. The smallest absolute Gasteiger partial charge is 0.317 e. The summed E-state index contributed by atoms with van der Waals surface area (Å²) in [5, 5.41) is 7.32. The van der Waals surface area contributed by atoms with E-state index in [2.05, 4.69) is 22.3 Å². The lowest BCUT2D eigenvalue weighted by Gasteiger charge is -2.08. The van der Waals surface area contributed by atoms with Gasteiger partial charge in [0, 0.05) is 25.0 Å². The molecule has 0 amide bonds. The molecular formula is C10H15N5O. The van der Waals surface area contributed by atoms with Gasteiger partial charge in [-0.15, -0.1) is 5.10 Å². The molecule has 1 N–H and O–H groups in total. The first-order valence-corrected chi connectivity index (χ1v) is 5.29. The number of nitrogens with zero attached hydrogens (tertiary/aromatic N) is 4. The van der Waals surface area contributed by atoms with Gasteiger partial charge in [0.15, 0.2) is 5.65 Å². The van der Waals surface area contributed by atoms with E-state index in [-0.39, 0.29) is 5.69 Å². The Bertz CT molecular complexity index is 529. The summed E-state index contributed by atoms with van der Waals surface area (Å²) < 4.78 is 2.97. The Morgan fingerprint density at radius 1 is 1.56 bits per heavy atom. The zero-order valence-electron chi connectivity index (χ0n) is 9.42. The second-order valence-electron chi connectivity index (χ2n) is 3.79. The van der Waals surface area contributed by atoms with E-state index in [4.69, 9.17) is 0 Å². The average molecular weight is 221 g/mol. The van der Waals surface area contributed by atoms with Gasteiger partial charge in [-0.05, 0) is 20.4 Å². The van der Waals surface area contributed by atoms with Crippen LogP contribution in [-0.4, -0.2) is 32.3 Å². The van der Waals surface area contributed by atoms with Crippen molar-refractivity contribution in [3.63, 3.8) is 0 Å². The molecule has 0 aliphatic rings. The molecule has 16 heavy (non-hydrogen) atoms. The fourth-order valence-corrected chi connectivity index (χ4v) is 1.49. The first kappa shape index (κ1) is 10.8. The Balaban J connectivity index is 2.25. The molecule has 0 saturated carbocycles. The number of nitrogens with one attached hydrogen (secondary N) is 1. The molecule has 0 bridgehead atoms. The molecule has 0 saturated heterocycles. The maximum absolute atomic E-state index is 11.8. The summed E-state index contributed by atoms with van der Waals surface area (Å²) in [4.78, 5) is 15.8. The SMILES string of the molecule is CNC(C)CCn1nc2cnccn2c1=O. The van der Waals surface area contributed by atoms with Crippen LogP contribution in [0.5, 0.6) is 0 Å². The molecule has 2 heterocycles. The standard InChI is InChI=1S/C10H15N5O/c1-8(11-2)3-5-15-10(16)14-6-4-12-7-9(14)13-15/h4,6-8,11H,3,5H2,1-2H3. The van der Waals surface area contributed by atoms with Crippen LogP contribution in [0, 0.1) is 0 Å². The third-order valence-electron chi connectivity index (χ3n) is 2.66. The highest BCUT2D eigenvalue weighted by atomic mass is 16.2. The fraction of sp³-hybridized carbons (Fsp3) is 0.500. The van der Waals surface area contributed by atoms with Crippen LogP contribution < -0.4 is 11.0 Å². The Labute approximate surface area is 92.9 Å². The lowest BCUT2D eigenvalue weighted by Crippen LogP contribution is -2.27. The summed E-state index contributed by atoms with van der Waals surface area (Å²) >= 11 is 0. The van der Waals surface area contributed by atoms with Crippen molar-refractivity contribution < 1.29 is 0 Å². The van der Waals surface area contributed by atoms with Crippen molar-refractivity contribution in [3.8, 4) is 0 Å². The van der Waals surface area contributed by atoms with Gasteiger partial charge >= 0.3 is 5.69 Å². The van der Waals surface area contributed by atoms with Gasteiger partial charge in [-0.2, -0.15) is 0 Å². The lowest BCUT2D eigenvalue weighted by molar-refractivity contribution is 0.477. The average Bonchev–Trinajstić information content (AvgIpc) is 2.64. The van der Waals surface area contributed by atoms with Crippen LogP contribution in [0.4, 0.5) is 0 Å². The summed E-state index contributed by atoms with van der Waals surface area (Å²) in [6.45, 7) is 2.69. The van der Waals surface area contributed by atoms with Gasteiger partial charge in [0.25, 0.3) is 0 Å². The number of hydrogen-bond acceptors (Lipinski definition) is 4. The zero-order chi connectivity index (χ0) is 11.5. The lowest BCUT2D eigenvalue weighted by atomic mass is 10.2. The molecule has 0 aliphatic heterocycles. The zero-order valence-corrected chi connectivity index (χ0v) is 9.42. The van der Waals surface area contributed by atoms with E-state index in [1.54, 1.807) is 18.6 Å². The van der Waals surface area contributed by atoms with Gasteiger partial charge < -0.3 is 5.32 Å². The van der Waals surface area contributed by atoms with E-state index in [0.717, 1.165) is 6.42 Å². The van der Waals surface area contributed by atoms with Crippen molar-refractivity contribution in [2.45, 2.75) is 25.9 Å². The van der Waals surface area contributed by atoms with E-state index in [1.807, 2.05) is 7.05 Å². The van der Waals surface area contributed by atoms with Crippen molar-refractivity contribution in [1.29, 1.82) is 0 Å². The number of aromatic nitrogens is 4. The molecule has 6 nitrogen and oxygen atoms in total. The van der Waals surface area contributed by atoms with E-state index >= 15 is 0 Å². The van der Waals surface area contributed by atoms with Gasteiger partial charge in [-0.3, -0.25) is 4.98 Å². The monoisotopic (exact) mass is 221 g/mol. The van der Waals surface area contributed by atoms with Crippen LogP contribution in [0.1, 0.15) is 13.3 Å². The third-order valence-corrected chi connectivity index (χ3v) is 2.66. The van der Waals surface area contributed by atoms with Gasteiger partial charge in [-0.25, -0.2) is 13.9 Å². The number of hydrogen-bond donors (Lipinski definition) is 1. The van der Waals surface area contributed by atoms with Crippen molar-refractivity contribution >= 4 is 5.65 Å². The van der Waals surface area contributed by atoms with Crippen LogP contribution in [0.3, 0.4) is 0 Å². The van der Waals surface area contributed by atoms with Crippen LogP contribution in [0.2, 0.25) is 0 Å². The molecule has 6 heteroatoms. The molecule has 0 fully saturated rings. The van der Waals surface area contributed by atoms with Crippen molar-refractivity contribution in [3.05, 3.63) is 29.1 Å². The van der Waals surface area contributed by atoms with Crippen LogP contribution in [-0.2, 0) is 6.54 Å². The van der Waals surface area contributed by atoms with E-state index < -0.39 is 0 Å². The molecular weight excluding hydrogens is 206 g/mol. The van der Waals surface area contributed by atoms with Crippen molar-refractivity contribution in [2.75, 3.05) is 7.05 Å². The molecule has 0 aliphatic carbocycles. The fourth-order valence-electron chi connectivity index (χ4n) is 1.49. The molecule has 1 unspecified atom stereocenters. The highest BCUT2D eigenvalue weighted by Crippen LogP contribution is 1.95. The Hall–Kier alpha value is -1.69. The van der Waals surface area contributed by atoms with Gasteiger partial charge in [0.05, 0.1) is 6.20 Å². The predicted molar refractivity (Wildman–Crippen MR) is 60.4 cm³/mol. The molecule has 1 atom stereocenters. The van der Waals surface area contributed by atoms with Crippen LogP contribution in [0.25, 0.3) is 5.65 Å². The molecule has 2 rings (SSSR count). The number of fused-ring (bicyclic) bond motifs is 1. The summed E-state index contributed by atoms with van der Waals surface area (Å²) in [5.41, 5.74) is 0.477. The summed E-state index contributed by atoms with van der Waals surface area (Å²) in [7, 11) is 1.90. The highest BCUT2D eigenvalue weighted by Gasteiger charge is 2.07. The quantitative estimate of drug-likeness (QED) is 0.782. The maximum Gasteiger partial charge on any atom is 0.350 e. The van der Waals surface area contributed by atoms with Gasteiger partial charge in [0.2, 0.25) is 0 Å².